The van der Waals surface area contributed by atoms with Gasteiger partial charge < -0.3 is 4.52 Å². The van der Waals surface area contributed by atoms with E-state index in [2.05, 4.69) is 24.8 Å². The van der Waals surface area contributed by atoms with Crippen molar-refractivity contribution in [3.63, 3.8) is 0 Å². The molecule has 2 heterocycles. The molecule has 0 aliphatic heterocycles. The lowest BCUT2D eigenvalue weighted by Crippen LogP contribution is -2.23. The second-order valence-electron chi connectivity index (χ2n) is 4.14. The Labute approximate surface area is 113 Å². The zero-order valence-electron chi connectivity index (χ0n) is 10.4. The van der Waals surface area contributed by atoms with Gasteiger partial charge in [0.25, 0.3) is 0 Å². The first-order valence-corrected chi connectivity index (χ1v) is 7.18. The molecule has 0 aliphatic rings. The van der Waals surface area contributed by atoms with Gasteiger partial charge in [-0.1, -0.05) is 11.2 Å². The standard InChI is InChI=1S/C11H10N4O4S/c1-7-5-8(13-18-7)6-12-20(16,17)10-4-2-3-9-11(10)15-19-14-9/h2-5,12H,6H2,1H3. The number of benzene rings is 1. The Balaban J connectivity index is 1.90. The maximum Gasteiger partial charge on any atom is 0.243 e. The SMILES string of the molecule is Cc1cc(CNS(=O)(=O)c2cccc3nonc23)no1. The molecule has 9 heteroatoms. The van der Waals surface area contributed by atoms with Crippen LogP contribution in [0.5, 0.6) is 0 Å². The van der Waals surface area contributed by atoms with E-state index in [1.165, 1.54) is 6.07 Å². The summed E-state index contributed by atoms with van der Waals surface area (Å²) in [5.41, 5.74) is 1.07. The van der Waals surface area contributed by atoms with Crippen LogP contribution in [0.1, 0.15) is 11.5 Å². The van der Waals surface area contributed by atoms with Crippen molar-refractivity contribution in [2.45, 2.75) is 18.4 Å². The second-order valence-corrected chi connectivity index (χ2v) is 5.88. The quantitative estimate of drug-likeness (QED) is 0.763. The maximum atomic E-state index is 12.2. The summed E-state index contributed by atoms with van der Waals surface area (Å²) >= 11 is 0. The van der Waals surface area contributed by atoms with E-state index in [-0.39, 0.29) is 17.0 Å². The van der Waals surface area contributed by atoms with Gasteiger partial charge in [0.2, 0.25) is 10.0 Å². The molecule has 3 rings (SSSR count). The summed E-state index contributed by atoms with van der Waals surface area (Å²) in [6.07, 6.45) is 0. The van der Waals surface area contributed by atoms with Crippen LogP contribution in [0.25, 0.3) is 11.0 Å². The van der Waals surface area contributed by atoms with Gasteiger partial charge in [0.15, 0.2) is 5.52 Å². The molecule has 0 atom stereocenters. The molecule has 104 valence electrons. The van der Waals surface area contributed by atoms with Gasteiger partial charge in [-0.3, -0.25) is 0 Å². The van der Waals surface area contributed by atoms with Crippen molar-refractivity contribution < 1.29 is 17.6 Å². The van der Waals surface area contributed by atoms with Crippen LogP contribution in [-0.4, -0.2) is 23.9 Å². The van der Waals surface area contributed by atoms with Gasteiger partial charge in [-0.05, 0) is 29.4 Å². The highest BCUT2D eigenvalue weighted by molar-refractivity contribution is 7.89. The molecule has 0 spiro atoms. The van der Waals surface area contributed by atoms with Crippen molar-refractivity contribution >= 4 is 21.1 Å². The number of hydrogen-bond donors (Lipinski definition) is 1. The van der Waals surface area contributed by atoms with E-state index in [0.29, 0.717) is 17.0 Å². The molecular formula is C11H10N4O4S. The summed E-state index contributed by atoms with van der Waals surface area (Å²) < 4.78 is 36.3. The number of nitrogens with one attached hydrogen (secondary N) is 1. The predicted octanol–water partition coefficient (Wildman–Crippen LogP) is 0.998. The highest BCUT2D eigenvalue weighted by Crippen LogP contribution is 2.19. The molecule has 0 amide bonds. The van der Waals surface area contributed by atoms with Gasteiger partial charge in [-0.2, -0.15) is 0 Å². The summed E-state index contributed by atoms with van der Waals surface area (Å²) in [6.45, 7) is 1.76. The number of aromatic nitrogens is 3. The molecule has 2 aromatic heterocycles. The summed E-state index contributed by atoms with van der Waals surface area (Å²) in [5.74, 6) is 0.613. The molecule has 1 N–H and O–H groups in total. The molecule has 0 saturated heterocycles. The van der Waals surface area contributed by atoms with E-state index < -0.39 is 10.0 Å². The number of sulfonamides is 1. The zero-order valence-corrected chi connectivity index (χ0v) is 11.2. The van der Waals surface area contributed by atoms with E-state index in [4.69, 9.17) is 4.52 Å². The van der Waals surface area contributed by atoms with Crippen molar-refractivity contribution in [1.82, 2.24) is 20.2 Å². The molecule has 0 radical (unpaired) electrons. The Morgan fingerprint density at radius 3 is 2.85 bits per heavy atom. The molecule has 3 aromatic rings. The van der Waals surface area contributed by atoms with Gasteiger partial charge in [-0.25, -0.2) is 17.8 Å². The minimum absolute atomic E-state index is 0.0106. The van der Waals surface area contributed by atoms with Crippen molar-refractivity contribution in [3.8, 4) is 0 Å². The van der Waals surface area contributed by atoms with E-state index in [0.717, 1.165) is 0 Å². The Morgan fingerprint density at radius 1 is 1.25 bits per heavy atom. The van der Waals surface area contributed by atoms with Crippen LogP contribution in [0.3, 0.4) is 0 Å². The molecule has 0 fully saturated rings. The number of rotatable bonds is 4. The van der Waals surface area contributed by atoms with E-state index in [1.54, 1.807) is 25.1 Å². The van der Waals surface area contributed by atoms with Crippen molar-refractivity contribution in [2.75, 3.05) is 0 Å². The first-order chi connectivity index (χ1) is 9.56. The smallest absolute Gasteiger partial charge is 0.243 e. The fraction of sp³-hybridized carbons (Fsp3) is 0.182. The summed E-state index contributed by atoms with van der Waals surface area (Å²) in [5, 5.41) is 10.9. The molecule has 0 unspecified atom stereocenters. The Morgan fingerprint density at radius 2 is 2.10 bits per heavy atom. The number of fused-ring (bicyclic) bond motifs is 1. The molecule has 0 saturated carbocycles. The van der Waals surface area contributed by atoms with Crippen LogP contribution in [0, 0.1) is 6.92 Å². The lowest BCUT2D eigenvalue weighted by Gasteiger charge is -2.04. The first-order valence-electron chi connectivity index (χ1n) is 5.69. The molecule has 20 heavy (non-hydrogen) atoms. The van der Waals surface area contributed by atoms with Crippen LogP contribution >= 0.6 is 0 Å². The van der Waals surface area contributed by atoms with Crippen molar-refractivity contribution in [3.05, 3.63) is 35.7 Å². The minimum atomic E-state index is -3.74. The molecule has 8 nitrogen and oxygen atoms in total. The first kappa shape index (κ1) is 12.8. The highest BCUT2D eigenvalue weighted by Gasteiger charge is 2.20. The van der Waals surface area contributed by atoms with Crippen LogP contribution in [-0.2, 0) is 16.6 Å². The van der Waals surface area contributed by atoms with Crippen molar-refractivity contribution in [2.24, 2.45) is 0 Å². The number of aryl methyl sites for hydroxylation is 1. The molecule has 0 bridgehead atoms. The third-order valence-corrected chi connectivity index (χ3v) is 4.09. The van der Waals surface area contributed by atoms with E-state index >= 15 is 0 Å². The average molecular weight is 294 g/mol. The van der Waals surface area contributed by atoms with Gasteiger partial charge in [0.05, 0.1) is 12.2 Å². The summed E-state index contributed by atoms with van der Waals surface area (Å²) in [7, 11) is -3.74. The summed E-state index contributed by atoms with van der Waals surface area (Å²) in [4.78, 5) is 0.0106. The van der Waals surface area contributed by atoms with Crippen molar-refractivity contribution in [1.29, 1.82) is 0 Å². The van der Waals surface area contributed by atoms with Gasteiger partial charge in [-0.15, -0.1) is 0 Å². The van der Waals surface area contributed by atoms with Crippen LogP contribution < -0.4 is 4.72 Å². The lowest BCUT2D eigenvalue weighted by molar-refractivity contribution is 0.315. The number of nitrogens with zero attached hydrogens (tertiary/aromatic N) is 3. The van der Waals surface area contributed by atoms with Crippen LogP contribution in [0.15, 0.2) is 38.3 Å². The normalized spacial score (nSPS) is 12.1. The van der Waals surface area contributed by atoms with Gasteiger partial charge >= 0.3 is 0 Å². The lowest BCUT2D eigenvalue weighted by atomic mass is 10.3. The van der Waals surface area contributed by atoms with Gasteiger partial charge in [0, 0.05) is 6.07 Å². The Hall–Kier alpha value is -2.26. The Bertz CT molecular complexity index is 852. The maximum absolute atomic E-state index is 12.2. The monoisotopic (exact) mass is 294 g/mol. The Kier molecular flexibility index (Phi) is 2.99. The van der Waals surface area contributed by atoms with E-state index in [9.17, 15) is 8.42 Å². The molecular weight excluding hydrogens is 284 g/mol. The minimum Gasteiger partial charge on any atom is -0.361 e. The van der Waals surface area contributed by atoms with Crippen LogP contribution in [0.2, 0.25) is 0 Å². The largest absolute Gasteiger partial charge is 0.361 e. The van der Waals surface area contributed by atoms with E-state index in [1.807, 2.05) is 0 Å². The highest BCUT2D eigenvalue weighted by atomic mass is 32.2. The third-order valence-electron chi connectivity index (χ3n) is 2.66. The topological polar surface area (TPSA) is 111 Å². The molecule has 1 aromatic carbocycles. The van der Waals surface area contributed by atoms with Crippen LogP contribution in [0.4, 0.5) is 0 Å². The number of hydrogen-bond acceptors (Lipinski definition) is 7. The zero-order chi connectivity index (χ0) is 14.2. The molecule has 0 aliphatic carbocycles. The predicted molar refractivity (Wildman–Crippen MR) is 67.1 cm³/mol. The second kappa shape index (κ2) is 4.69. The fourth-order valence-corrected chi connectivity index (χ4v) is 2.89. The fourth-order valence-electron chi connectivity index (χ4n) is 1.75. The van der Waals surface area contributed by atoms with Gasteiger partial charge in [0.1, 0.15) is 16.2 Å². The average Bonchev–Trinajstić information content (AvgIpc) is 3.04. The third kappa shape index (κ3) is 2.28. The summed E-state index contributed by atoms with van der Waals surface area (Å²) in [6, 6.07) is 6.27.